The lowest BCUT2D eigenvalue weighted by atomic mass is 10.1. The van der Waals surface area contributed by atoms with Gasteiger partial charge in [-0.05, 0) is 30.3 Å². The first-order valence-corrected chi connectivity index (χ1v) is 9.01. The first kappa shape index (κ1) is 18.4. The van der Waals surface area contributed by atoms with Crippen LogP contribution < -0.4 is 4.74 Å². The summed E-state index contributed by atoms with van der Waals surface area (Å²) in [5.74, 6) is 0.280. The maximum Gasteiger partial charge on any atom is 0.191 e. The molecule has 1 heterocycles. The molecule has 3 rings (SSSR count). The van der Waals surface area contributed by atoms with Crippen LogP contribution in [0.25, 0.3) is 11.4 Å². The molecule has 134 valence electrons. The van der Waals surface area contributed by atoms with Crippen molar-refractivity contribution < 1.29 is 13.9 Å². The van der Waals surface area contributed by atoms with Gasteiger partial charge >= 0.3 is 0 Å². The van der Waals surface area contributed by atoms with Gasteiger partial charge in [0.15, 0.2) is 16.8 Å². The molecule has 0 aliphatic heterocycles. The van der Waals surface area contributed by atoms with E-state index in [1.54, 1.807) is 17.7 Å². The second kappa shape index (κ2) is 7.88. The Labute approximate surface area is 159 Å². The van der Waals surface area contributed by atoms with Gasteiger partial charge in [-0.2, -0.15) is 0 Å². The summed E-state index contributed by atoms with van der Waals surface area (Å²) in [6.45, 7) is 0. The van der Waals surface area contributed by atoms with Gasteiger partial charge in [0.2, 0.25) is 0 Å². The number of benzene rings is 2. The zero-order valence-electron chi connectivity index (χ0n) is 14.1. The monoisotopic (exact) mass is 391 g/mol. The van der Waals surface area contributed by atoms with Crippen molar-refractivity contribution in [3.8, 4) is 17.1 Å². The van der Waals surface area contributed by atoms with Gasteiger partial charge in [-0.15, -0.1) is 10.2 Å². The quantitative estimate of drug-likeness (QED) is 0.464. The largest absolute Gasteiger partial charge is 0.496 e. The van der Waals surface area contributed by atoms with E-state index in [0.717, 1.165) is 5.56 Å². The second-order valence-corrected chi connectivity index (χ2v) is 6.75. The van der Waals surface area contributed by atoms with E-state index < -0.39 is 5.82 Å². The van der Waals surface area contributed by atoms with Gasteiger partial charge in [0.05, 0.1) is 23.4 Å². The molecular weight excluding hydrogens is 377 g/mol. The van der Waals surface area contributed by atoms with Gasteiger partial charge in [-0.25, -0.2) is 4.39 Å². The number of halogens is 2. The minimum atomic E-state index is -0.487. The van der Waals surface area contributed by atoms with Crippen LogP contribution in [-0.2, 0) is 7.05 Å². The topological polar surface area (TPSA) is 57.0 Å². The summed E-state index contributed by atoms with van der Waals surface area (Å²) in [4.78, 5) is 12.4. The van der Waals surface area contributed by atoms with Crippen molar-refractivity contribution in [2.24, 2.45) is 7.05 Å². The number of ketones is 1. The highest BCUT2D eigenvalue weighted by molar-refractivity contribution is 7.99. The number of hydrogen-bond acceptors (Lipinski definition) is 5. The molecule has 0 aliphatic rings. The van der Waals surface area contributed by atoms with E-state index in [-0.39, 0.29) is 17.1 Å². The van der Waals surface area contributed by atoms with E-state index in [0.29, 0.717) is 21.8 Å². The zero-order chi connectivity index (χ0) is 18.7. The standard InChI is InChI=1S/C18H15ClFN3O2S/c1-23-17(12-5-3-4-6-14(12)19)21-22-18(23)26-10-15(24)13-9-11(20)7-8-16(13)25-2/h3-9H,10H2,1-2H3. The van der Waals surface area contributed by atoms with Crippen molar-refractivity contribution in [3.05, 3.63) is 58.9 Å². The fourth-order valence-electron chi connectivity index (χ4n) is 2.42. The van der Waals surface area contributed by atoms with Crippen molar-refractivity contribution in [1.82, 2.24) is 14.8 Å². The molecule has 3 aromatic rings. The number of thioether (sulfide) groups is 1. The van der Waals surface area contributed by atoms with Crippen LogP contribution in [0.15, 0.2) is 47.6 Å². The number of carbonyl (C=O) groups excluding carboxylic acids is 1. The van der Waals surface area contributed by atoms with E-state index in [9.17, 15) is 9.18 Å². The van der Waals surface area contributed by atoms with Gasteiger partial charge in [0.1, 0.15) is 11.6 Å². The fraction of sp³-hybridized carbons (Fsp3) is 0.167. The lowest BCUT2D eigenvalue weighted by molar-refractivity contribution is 0.101. The molecule has 26 heavy (non-hydrogen) atoms. The Morgan fingerprint density at radius 2 is 2.04 bits per heavy atom. The molecule has 8 heteroatoms. The second-order valence-electron chi connectivity index (χ2n) is 5.40. The number of methoxy groups -OCH3 is 1. The Balaban J connectivity index is 1.78. The average Bonchev–Trinajstić information content (AvgIpc) is 3.00. The predicted molar refractivity (Wildman–Crippen MR) is 99.5 cm³/mol. The van der Waals surface area contributed by atoms with Gasteiger partial charge in [-0.1, -0.05) is 35.5 Å². The molecule has 0 saturated carbocycles. The van der Waals surface area contributed by atoms with Crippen molar-refractivity contribution >= 4 is 29.1 Å². The molecule has 5 nitrogen and oxygen atoms in total. The molecule has 0 aliphatic carbocycles. The van der Waals surface area contributed by atoms with E-state index in [2.05, 4.69) is 10.2 Å². The predicted octanol–water partition coefficient (Wildman–Crippen LogP) is 4.26. The molecule has 0 N–H and O–H groups in total. The Hall–Kier alpha value is -2.38. The van der Waals surface area contributed by atoms with Crippen LogP contribution in [0.2, 0.25) is 5.02 Å². The van der Waals surface area contributed by atoms with Crippen LogP contribution in [0.5, 0.6) is 5.75 Å². The number of Topliss-reactive ketones (excluding diaryl/α,β-unsaturated/α-hetero) is 1. The summed E-state index contributed by atoms with van der Waals surface area (Å²) in [6.07, 6.45) is 0. The Morgan fingerprint density at radius 3 is 2.77 bits per heavy atom. The summed E-state index contributed by atoms with van der Waals surface area (Å²) < 4.78 is 20.3. The highest BCUT2D eigenvalue weighted by Gasteiger charge is 2.17. The molecule has 2 aromatic carbocycles. The van der Waals surface area contributed by atoms with Gasteiger partial charge in [0.25, 0.3) is 0 Å². The maximum absolute atomic E-state index is 13.4. The summed E-state index contributed by atoms with van der Waals surface area (Å²) in [6, 6.07) is 11.2. The van der Waals surface area contributed by atoms with Crippen molar-refractivity contribution in [2.45, 2.75) is 5.16 Å². The maximum atomic E-state index is 13.4. The molecule has 0 unspecified atom stereocenters. The third kappa shape index (κ3) is 3.73. The minimum Gasteiger partial charge on any atom is -0.496 e. The van der Waals surface area contributed by atoms with Crippen molar-refractivity contribution in [3.63, 3.8) is 0 Å². The number of ether oxygens (including phenoxy) is 1. The summed E-state index contributed by atoms with van der Waals surface area (Å²) in [5.41, 5.74) is 0.961. The van der Waals surface area contributed by atoms with Gasteiger partial charge in [0, 0.05) is 12.6 Å². The molecule has 0 atom stereocenters. The minimum absolute atomic E-state index is 0.0777. The van der Waals surface area contributed by atoms with Crippen LogP contribution in [0.3, 0.4) is 0 Å². The Kier molecular flexibility index (Phi) is 5.58. The molecule has 1 aromatic heterocycles. The van der Waals surface area contributed by atoms with Crippen LogP contribution in [-0.4, -0.2) is 33.4 Å². The lowest BCUT2D eigenvalue weighted by Crippen LogP contribution is -2.06. The number of carbonyl (C=O) groups is 1. The third-order valence-corrected chi connectivity index (χ3v) is 5.09. The molecular formula is C18H15ClFN3O2S. The summed E-state index contributed by atoms with van der Waals surface area (Å²) >= 11 is 7.42. The molecule has 0 spiro atoms. The molecule has 0 fully saturated rings. The number of nitrogens with zero attached hydrogens (tertiary/aromatic N) is 3. The SMILES string of the molecule is COc1ccc(F)cc1C(=O)CSc1nnc(-c2ccccc2Cl)n1C. The average molecular weight is 392 g/mol. The number of hydrogen-bond donors (Lipinski definition) is 0. The first-order chi connectivity index (χ1) is 12.5. The van der Waals surface area contributed by atoms with Crippen molar-refractivity contribution in [2.75, 3.05) is 12.9 Å². The van der Waals surface area contributed by atoms with E-state index in [4.69, 9.17) is 16.3 Å². The van der Waals surface area contributed by atoms with Crippen LogP contribution >= 0.6 is 23.4 Å². The van der Waals surface area contributed by atoms with Crippen LogP contribution in [0.4, 0.5) is 4.39 Å². The Morgan fingerprint density at radius 1 is 1.27 bits per heavy atom. The van der Waals surface area contributed by atoms with Crippen LogP contribution in [0.1, 0.15) is 10.4 Å². The van der Waals surface area contributed by atoms with Gasteiger partial charge in [-0.3, -0.25) is 4.79 Å². The normalized spacial score (nSPS) is 10.8. The van der Waals surface area contributed by atoms with E-state index in [1.165, 1.54) is 37.1 Å². The first-order valence-electron chi connectivity index (χ1n) is 7.65. The molecule has 0 amide bonds. The highest BCUT2D eigenvalue weighted by atomic mass is 35.5. The smallest absolute Gasteiger partial charge is 0.191 e. The summed E-state index contributed by atoms with van der Waals surface area (Å²) in [7, 11) is 3.24. The highest BCUT2D eigenvalue weighted by Crippen LogP contribution is 2.29. The zero-order valence-corrected chi connectivity index (χ0v) is 15.6. The number of rotatable bonds is 6. The molecule has 0 saturated heterocycles. The third-order valence-electron chi connectivity index (χ3n) is 3.74. The van der Waals surface area contributed by atoms with Gasteiger partial charge < -0.3 is 9.30 Å². The summed E-state index contributed by atoms with van der Waals surface area (Å²) in [5, 5.41) is 9.40. The lowest BCUT2D eigenvalue weighted by Gasteiger charge is -2.08. The Bertz CT molecular complexity index is 961. The number of aromatic nitrogens is 3. The molecule has 0 bridgehead atoms. The molecule has 0 radical (unpaired) electrons. The van der Waals surface area contributed by atoms with E-state index >= 15 is 0 Å². The van der Waals surface area contributed by atoms with Crippen LogP contribution in [0, 0.1) is 5.82 Å². The van der Waals surface area contributed by atoms with Crippen molar-refractivity contribution in [1.29, 1.82) is 0 Å². The van der Waals surface area contributed by atoms with E-state index in [1.807, 2.05) is 18.2 Å². The fourth-order valence-corrected chi connectivity index (χ4v) is 3.44.